The van der Waals surface area contributed by atoms with E-state index in [0.717, 1.165) is 12.8 Å². The highest BCUT2D eigenvalue weighted by Gasteiger charge is 2.24. The van der Waals surface area contributed by atoms with E-state index in [9.17, 15) is 18.6 Å². The van der Waals surface area contributed by atoms with Gasteiger partial charge in [0.1, 0.15) is 11.8 Å². The minimum Gasteiger partial charge on any atom is -0.480 e. The van der Waals surface area contributed by atoms with Crippen molar-refractivity contribution in [2.45, 2.75) is 25.8 Å². The van der Waals surface area contributed by atoms with Crippen molar-refractivity contribution in [3.8, 4) is 0 Å². The summed E-state index contributed by atoms with van der Waals surface area (Å²) in [5.41, 5.74) is 0. The summed E-state index contributed by atoms with van der Waals surface area (Å²) in [6.07, 6.45) is 2.21. The summed E-state index contributed by atoms with van der Waals surface area (Å²) in [6, 6.07) is -1.23. The van der Waals surface area contributed by atoms with Gasteiger partial charge in [-0.3, -0.25) is 13.8 Å². The van der Waals surface area contributed by atoms with Crippen LogP contribution in [0.25, 0.3) is 0 Å². The van der Waals surface area contributed by atoms with Crippen molar-refractivity contribution in [3.63, 3.8) is 0 Å². The molecule has 0 heterocycles. The third-order valence-corrected chi connectivity index (χ3v) is 3.89. The molecule has 1 fully saturated rings. The van der Waals surface area contributed by atoms with Crippen LogP contribution < -0.4 is 10.6 Å². The van der Waals surface area contributed by atoms with Crippen molar-refractivity contribution in [1.29, 1.82) is 0 Å². The van der Waals surface area contributed by atoms with Crippen molar-refractivity contribution in [1.82, 2.24) is 10.6 Å². The minimum atomic E-state index is -1.62. The van der Waals surface area contributed by atoms with Crippen molar-refractivity contribution in [2.24, 2.45) is 5.92 Å². The van der Waals surface area contributed by atoms with Crippen LogP contribution in [0.3, 0.4) is 0 Å². The van der Waals surface area contributed by atoms with Gasteiger partial charge in [0.15, 0.2) is 0 Å². The first-order valence-electron chi connectivity index (χ1n) is 6.00. The van der Waals surface area contributed by atoms with Crippen LogP contribution in [-0.4, -0.2) is 51.2 Å². The molecule has 0 bridgehead atoms. The van der Waals surface area contributed by atoms with Gasteiger partial charge >= 0.3 is 5.97 Å². The van der Waals surface area contributed by atoms with Gasteiger partial charge in [-0.15, -0.1) is 0 Å². The smallest absolute Gasteiger partial charge is 0.327 e. The number of aliphatic carboxylic acids is 1. The van der Waals surface area contributed by atoms with E-state index in [1.54, 1.807) is 0 Å². The molecule has 108 valence electrons. The standard InChI is InChI=1S/C11H18N2O5S/c1-7(14)13-9(11(16)17)5-19(18)6-10(15)12-4-8-2-3-8/h8-9H,2-6H2,1H3,(H,12,15)(H,13,14)(H,16,17)/t9-,19?/m0/s1. The third-order valence-electron chi connectivity index (χ3n) is 2.61. The summed E-state index contributed by atoms with van der Waals surface area (Å²) in [7, 11) is -1.62. The number of carbonyl (C=O) groups excluding carboxylic acids is 2. The maximum absolute atomic E-state index is 11.6. The van der Waals surface area contributed by atoms with E-state index in [2.05, 4.69) is 10.6 Å². The number of rotatable bonds is 8. The number of carboxylic acid groups (broad SMARTS) is 1. The normalized spacial score (nSPS) is 17.3. The Balaban J connectivity index is 2.31. The molecule has 0 saturated heterocycles. The number of amides is 2. The summed E-state index contributed by atoms with van der Waals surface area (Å²) in [5, 5.41) is 13.7. The summed E-state index contributed by atoms with van der Waals surface area (Å²) < 4.78 is 11.6. The van der Waals surface area contributed by atoms with Crippen LogP contribution in [0.2, 0.25) is 0 Å². The van der Waals surface area contributed by atoms with Crippen LogP contribution in [-0.2, 0) is 25.2 Å². The second-order valence-corrected chi connectivity index (χ2v) is 6.09. The van der Waals surface area contributed by atoms with Crippen molar-refractivity contribution in [2.75, 3.05) is 18.1 Å². The Morgan fingerprint density at radius 1 is 1.37 bits per heavy atom. The molecule has 0 aromatic heterocycles. The molecule has 0 aromatic carbocycles. The molecule has 1 aliphatic carbocycles. The van der Waals surface area contributed by atoms with Gasteiger partial charge in [0.2, 0.25) is 11.8 Å². The fourth-order valence-corrected chi connectivity index (χ4v) is 2.55. The quantitative estimate of drug-likeness (QED) is 0.522. The number of carbonyl (C=O) groups is 3. The second kappa shape index (κ2) is 7.22. The van der Waals surface area contributed by atoms with Crippen LogP contribution in [0.5, 0.6) is 0 Å². The molecule has 0 spiro atoms. The lowest BCUT2D eigenvalue weighted by Crippen LogP contribution is -2.44. The van der Waals surface area contributed by atoms with Gasteiger partial charge in [0.25, 0.3) is 0 Å². The first kappa shape index (κ1) is 15.6. The summed E-state index contributed by atoms with van der Waals surface area (Å²) >= 11 is 0. The molecule has 1 rings (SSSR count). The SMILES string of the molecule is CC(=O)N[C@@H](CS(=O)CC(=O)NCC1CC1)C(=O)O. The Hall–Kier alpha value is -1.44. The lowest BCUT2D eigenvalue weighted by atomic mass is 10.3. The highest BCUT2D eigenvalue weighted by atomic mass is 32.2. The lowest BCUT2D eigenvalue weighted by Gasteiger charge is -2.12. The molecule has 1 unspecified atom stereocenters. The molecule has 0 radical (unpaired) electrons. The molecule has 0 aliphatic heterocycles. The molecule has 1 saturated carbocycles. The highest BCUT2D eigenvalue weighted by molar-refractivity contribution is 7.85. The zero-order chi connectivity index (χ0) is 14.4. The Kier molecular flexibility index (Phi) is 5.94. The van der Waals surface area contributed by atoms with Gasteiger partial charge in [-0.2, -0.15) is 0 Å². The monoisotopic (exact) mass is 290 g/mol. The molecular formula is C11H18N2O5S. The van der Waals surface area contributed by atoms with Gasteiger partial charge in [-0.25, -0.2) is 4.79 Å². The number of nitrogens with one attached hydrogen (secondary N) is 2. The molecule has 3 N–H and O–H groups in total. The highest BCUT2D eigenvalue weighted by Crippen LogP contribution is 2.27. The summed E-state index contributed by atoms with van der Waals surface area (Å²) in [6.45, 7) is 1.77. The molecule has 0 aromatic rings. The Morgan fingerprint density at radius 2 is 2.00 bits per heavy atom. The van der Waals surface area contributed by atoms with Crippen molar-refractivity contribution < 1.29 is 23.7 Å². The Bertz CT molecular complexity index is 395. The molecule has 1 aliphatic rings. The van der Waals surface area contributed by atoms with E-state index >= 15 is 0 Å². The first-order chi connectivity index (χ1) is 8.88. The average molecular weight is 290 g/mol. The van der Waals surface area contributed by atoms with Gasteiger partial charge in [-0.05, 0) is 18.8 Å². The first-order valence-corrected chi connectivity index (χ1v) is 7.49. The lowest BCUT2D eigenvalue weighted by molar-refractivity contribution is -0.140. The van der Waals surface area contributed by atoms with Crippen LogP contribution >= 0.6 is 0 Å². The predicted molar refractivity (Wildman–Crippen MR) is 68.9 cm³/mol. The molecular weight excluding hydrogens is 272 g/mol. The molecule has 7 nitrogen and oxygen atoms in total. The number of carboxylic acids is 1. The van der Waals surface area contributed by atoms with Crippen LogP contribution in [0.15, 0.2) is 0 Å². The molecule has 8 heteroatoms. The Labute approximate surface area is 113 Å². The summed E-state index contributed by atoms with van der Waals surface area (Å²) in [5.74, 6) is -2.10. The summed E-state index contributed by atoms with van der Waals surface area (Å²) in [4.78, 5) is 33.0. The van der Waals surface area contributed by atoms with Gasteiger partial charge in [0, 0.05) is 24.3 Å². The van der Waals surface area contributed by atoms with Crippen molar-refractivity contribution >= 4 is 28.6 Å². The number of hydrogen-bond donors (Lipinski definition) is 3. The second-order valence-electron chi connectivity index (χ2n) is 4.59. The Morgan fingerprint density at radius 3 is 2.47 bits per heavy atom. The molecule has 19 heavy (non-hydrogen) atoms. The van der Waals surface area contributed by atoms with Gasteiger partial charge in [-0.1, -0.05) is 0 Å². The zero-order valence-corrected chi connectivity index (χ0v) is 11.5. The van der Waals surface area contributed by atoms with Crippen LogP contribution in [0.4, 0.5) is 0 Å². The van der Waals surface area contributed by atoms with E-state index in [1.165, 1.54) is 6.92 Å². The topological polar surface area (TPSA) is 113 Å². The minimum absolute atomic E-state index is 0.240. The maximum atomic E-state index is 11.6. The van der Waals surface area contributed by atoms with Crippen LogP contribution in [0, 0.1) is 5.92 Å². The van der Waals surface area contributed by atoms with Gasteiger partial charge in [0.05, 0.1) is 5.75 Å². The predicted octanol–water partition coefficient (Wildman–Crippen LogP) is -1.15. The molecule has 2 amide bonds. The fourth-order valence-electron chi connectivity index (χ4n) is 1.44. The number of hydrogen-bond acceptors (Lipinski definition) is 4. The molecule has 2 atom stereocenters. The van der Waals surface area contributed by atoms with Crippen LogP contribution in [0.1, 0.15) is 19.8 Å². The zero-order valence-electron chi connectivity index (χ0n) is 10.7. The van der Waals surface area contributed by atoms with Crippen molar-refractivity contribution in [3.05, 3.63) is 0 Å². The van der Waals surface area contributed by atoms with E-state index in [4.69, 9.17) is 5.11 Å². The average Bonchev–Trinajstić information content (AvgIpc) is 3.08. The third kappa shape index (κ3) is 6.90. The maximum Gasteiger partial charge on any atom is 0.327 e. The fraction of sp³-hybridized carbons (Fsp3) is 0.727. The largest absolute Gasteiger partial charge is 0.480 e. The van der Waals surface area contributed by atoms with Gasteiger partial charge < -0.3 is 15.7 Å². The van der Waals surface area contributed by atoms with E-state index in [-0.39, 0.29) is 17.4 Å². The van der Waals surface area contributed by atoms with E-state index in [1.807, 2.05) is 0 Å². The van der Waals surface area contributed by atoms with E-state index in [0.29, 0.717) is 12.5 Å². The van der Waals surface area contributed by atoms with E-state index < -0.39 is 28.7 Å².